The van der Waals surface area contributed by atoms with Crippen LogP contribution in [0.1, 0.15) is 24.7 Å². The zero-order valence-electron chi connectivity index (χ0n) is 9.93. The van der Waals surface area contributed by atoms with Gasteiger partial charge in [0.15, 0.2) is 0 Å². The van der Waals surface area contributed by atoms with Gasteiger partial charge >= 0.3 is 5.63 Å². The summed E-state index contributed by atoms with van der Waals surface area (Å²) in [6, 6.07) is 1.32. The third-order valence-corrected chi connectivity index (χ3v) is 2.81. The minimum absolute atomic E-state index is 0.113. The van der Waals surface area contributed by atoms with Crippen LogP contribution in [-0.2, 0) is 17.8 Å². The maximum atomic E-state index is 11.3. The Morgan fingerprint density at radius 1 is 1.65 bits per heavy atom. The van der Waals surface area contributed by atoms with E-state index in [1.165, 1.54) is 13.2 Å². The largest absolute Gasteiger partial charge is 0.496 e. The standard InChI is InChI=1S/C12H16O5/c1-7(13)3-8-4-11-9(6-16-8)10(15-2)5-12(14)17-11/h5,7-8,13H,3-4,6H2,1-2H3. The van der Waals surface area contributed by atoms with Crippen molar-refractivity contribution >= 4 is 0 Å². The first-order valence-electron chi connectivity index (χ1n) is 5.59. The first-order chi connectivity index (χ1) is 8.10. The van der Waals surface area contributed by atoms with Gasteiger partial charge in [-0.15, -0.1) is 0 Å². The molecule has 0 spiro atoms. The molecule has 0 bridgehead atoms. The molecule has 94 valence electrons. The molecule has 0 saturated carbocycles. The number of rotatable bonds is 3. The fourth-order valence-corrected chi connectivity index (χ4v) is 2.04. The summed E-state index contributed by atoms with van der Waals surface area (Å²) in [5.74, 6) is 1.11. The van der Waals surface area contributed by atoms with Crippen LogP contribution in [0.5, 0.6) is 5.75 Å². The van der Waals surface area contributed by atoms with E-state index >= 15 is 0 Å². The van der Waals surface area contributed by atoms with E-state index in [4.69, 9.17) is 13.9 Å². The van der Waals surface area contributed by atoms with Crippen molar-refractivity contribution in [2.45, 2.75) is 38.6 Å². The molecule has 17 heavy (non-hydrogen) atoms. The molecule has 1 aromatic rings. The van der Waals surface area contributed by atoms with Gasteiger partial charge in [-0.25, -0.2) is 4.79 Å². The zero-order valence-corrected chi connectivity index (χ0v) is 9.93. The van der Waals surface area contributed by atoms with Gasteiger partial charge in [0.2, 0.25) is 0 Å². The predicted octanol–water partition coefficient (Wildman–Crippen LogP) is 0.861. The highest BCUT2D eigenvalue weighted by molar-refractivity contribution is 5.34. The third kappa shape index (κ3) is 2.68. The molecule has 0 aromatic carbocycles. The average molecular weight is 240 g/mol. The Balaban J connectivity index is 2.26. The molecule has 0 saturated heterocycles. The lowest BCUT2D eigenvalue weighted by Gasteiger charge is -2.25. The minimum atomic E-state index is -0.432. The van der Waals surface area contributed by atoms with Crippen LogP contribution in [0, 0.1) is 0 Å². The van der Waals surface area contributed by atoms with Crippen LogP contribution < -0.4 is 10.4 Å². The predicted molar refractivity (Wildman–Crippen MR) is 60.1 cm³/mol. The molecule has 1 aromatic heterocycles. The van der Waals surface area contributed by atoms with Crippen LogP contribution in [0.2, 0.25) is 0 Å². The smallest absolute Gasteiger partial charge is 0.339 e. The van der Waals surface area contributed by atoms with Crippen LogP contribution in [0.25, 0.3) is 0 Å². The number of aliphatic hydroxyl groups is 1. The maximum absolute atomic E-state index is 11.3. The molecule has 2 heterocycles. The van der Waals surface area contributed by atoms with Gasteiger partial charge < -0.3 is 19.0 Å². The van der Waals surface area contributed by atoms with Crippen molar-refractivity contribution in [1.29, 1.82) is 0 Å². The minimum Gasteiger partial charge on any atom is -0.496 e. The van der Waals surface area contributed by atoms with Crippen LogP contribution in [-0.4, -0.2) is 24.4 Å². The van der Waals surface area contributed by atoms with E-state index in [1.807, 2.05) is 0 Å². The normalized spacial score (nSPS) is 20.8. The van der Waals surface area contributed by atoms with Gasteiger partial charge in [-0.2, -0.15) is 0 Å². The Morgan fingerprint density at radius 3 is 3.06 bits per heavy atom. The molecule has 0 amide bonds. The second kappa shape index (κ2) is 4.89. The molecular formula is C12H16O5. The number of aliphatic hydroxyl groups excluding tert-OH is 1. The Hall–Kier alpha value is -1.33. The fraction of sp³-hybridized carbons (Fsp3) is 0.583. The highest BCUT2D eigenvalue weighted by Gasteiger charge is 2.25. The van der Waals surface area contributed by atoms with Crippen molar-refractivity contribution in [3.8, 4) is 5.75 Å². The quantitative estimate of drug-likeness (QED) is 0.848. The fourth-order valence-electron chi connectivity index (χ4n) is 2.04. The summed E-state index contributed by atoms with van der Waals surface area (Å²) < 4.78 is 15.9. The number of ether oxygens (including phenoxy) is 2. The van der Waals surface area contributed by atoms with E-state index in [9.17, 15) is 9.90 Å². The first kappa shape index (κ1) is 12.1. The van der Waals surface area contributed by atoms with Crippen LogP contribution in [0.4, 0.5) is 0 Å². The molecule has 5 heteroatoms. The van der Waals surface area contributed by atoms with E-state index in [0.29, 0.717) is 31.0 Å². The average Bonchev–Trinajstić information content (AvgIpc) is 2.26. The first-order valence-corrected chi connectivity index (χ1v) is 5.59. The molecule has 5 nitrogen and oxygen atoms in total. The molecule has 2 rings (SSSR count). The van der Waals surface area contributed by atoms with Crippen LogP contribution in [0.3, 0.4) is 0 Å². The van der Waals surface area contributed by atoms with Gasteiger partial charge in [0, 0.05) is 6.42 Å². The molecule has 0 radical (unpaired) electrons. The van der Waals surface area contributed by atoms with Gasteiger partial charge in [0.05, 0.1) is 37.6 Å². The summed E-state index contributed by atoms with van der Waals surface area (Å²) in [6.45, 7) is 2.06. The van der Waals surface area contributed by atoms with Crippen molar-refractivity contribution in [2.24, 2.45) is 0 Å². The molecule has 0 fully saturated rings. The lowest BCUT2D eigenvalue weighted by Crippen LogP contribution is -2.27. The van der Waals surface area contributed by atoms with Crippen molar-refractivity contribution < 1.29 is 19.0 Å². The van der Waals surface area contributed by atoms with Crippen LogP contribution >= 0.6 is 0 Å². The molecule has 0 aliphatic carbocycles. The zero-order chi connectivity index (χ0) is 12.4. The lowest BCUT2D eigenvalue weighted by molar-refractivity contribution is -0.00897. The van der Waals surface area contributed by atoms with Crippen molar-refractivity contribution in [1.82, 2.24) is 0 Å². The molecule has 1 aliphatic heterocycles. The van der Waals surface area contributed by atoms with Crippen molar-refractivity contribution in [2.75, 3.05) is 7.11 Å². The molecular weight excluding hydrogens is 224 g/mol. The highest BCUT2D eigenvalue weighted by Crippen LogP contribution is 2.28. The second-order valence-electron chi connectivity index (χ2n) is 4.26. The number of methoxy groups -OCH3 is 1. The van der Waals surface area contributed by atoms with E-state index in [2.05, 4.69) is 0 Å². The van der Waals surface area contributed by atoms with E-state index in [0.717, 1.165) is 5.56 Å². The lowest BCUT2D eigenvalue weighted by atomic mass is 10.0. The number of fused-ring (bicyclic) bond motifs is 1. The Kier molecular flexibility index (Phi) is 3.49. The summed E-state index contributed by atoms with van der Waals surface area (Å²) in [6.07, 6.45) is 0.476. The summed E-state index contributed by atoms with van der Waals surface area (Å²) in [4.78, 5) is 11.3. The van der Waals surface area contributed by atoms with E-state index < -0.39 is 11.7 Å². The van der Waals surface area contributed by atoms with Crippen molar-refractivity contribution in [3.63, 3.8) is 0 Å². The number of hydrogen-bond donors (Lipinski definition) is 1. The molecule has 1 aliphatic rings. The summed E-state index contributed by atoms with van der Waals surface area (Å²) in [5.41, 5.74) is 0.368. The summed E-state index contributed by atoms with van der Waals surface area (Å²) in [7, 11) is 1.51. The number of hydrogen-bond acceptors (Lipinski definition) is 5. The molecule has 2 unspecified atom stereocenters. The van der Waals surface area contributed by atoms with Gasteiger partial charge in [-0.3, -0.25) is 0 Å². The molecule has 1 N–H and O–H groups in total. The van der Waals surface area contributed by atoms with Gasteiger partial charge in [0.25, 0.3) is 0 Å². The summed E-state index contributed by atoms with van der Waals surface area (Å²) >= 11 is 0. The summed E-state index contributed by atoms with van der Waals surface area (Å²) in [5, 5.41) is 9.31. The van der Waals surface area contributed by atoms with E-state index in [1.54, 1.807) is 6.92 Å². The van der Waals surface area contributed by atoms with E-state index in [-0.39, 0.29) is 6.10 Å². The Labute approximate surface area is 99.0 Å². The SMILES string of the molecule is COc1cc(=O)oc2c1COC(CC(C)O)C2. The topological polar surface area (TPSA) is 68.9 Å². The Morgan fingerprint density at radius 2 is 2.41 bits per heavy atom. The molecule has 2 atom stereocenters. The van der Waals surface area contributed by atoms with Crippen LogP contribution in [0.15, 0.2) is 15.3 Å². The third-order valence-electron chi connectivity index (χ3n) is 2.81. The highest BCUT2D eigenvalue weighted by atomic mass is 16.5. The van der Waals surface area contributed by atoms with Gasteiger partial charge in [-0.1, -0.05) is 0 Å². The maximum Gasteiger partial charge on any atom is 0.339 e. The monoisotopic (exact) mass is 240 g/mol. The second-order valence-corrected chi connectivity index (χ2v) is 4.26. The van der Waals surface area contributed by atoms with Gasteiger partial charge in [0.1, 0.15) is 11.5 Å². The van der Waals surface area contributed by atoms with Crippen molar-refractivity contribution in [3.05, 3.63) is 27.8 Å². The van der Waals surface area contributed by atoms with Gasteiger partial charge in [-0.05, 0) is 13.3 Å². The Bertz CT molecular complexity index is 449.